The van der Waals surface area contributed by atoms with Crippen LogP contribution in [0.15, 0.2) is 84.0 Å². The van der Waals surface area contributed by atoms with E-state index >= 15 is 0 Å². The maximum absolute atomic E-state index is 14.1. The summed E-state index contributed by atoms with van der Waals surface area (Å²) in [5.41, 5.74) is 4.96. The van der Waals surface area contributed by atoms with Gasteiger partial charge in [0.25, 0.3) is 5.91 Å². The van der Waals surface area contributed by atoms with E-state index in [0.29, 0.717) is 33.1 Å². The van der Waals surface area contributed by atoms with Crippen molar-refractivity contribution in [3.63, 3.8) is 0 Å². The van der Waals surface area contributed by atoms with Crippen molar-refractivity contribution >= 4 is 40.9 Å². The second kappa shape index (κ2) is 14.3. The van der Waals surface area contributed by atoms with Crippen molar-refractivity contribution in [1.29, 1.82) is 0 Å². The molecule has 1 atom stereocenters. The topological polar surface area (TPSA) is 84.4 Å². The maximum atomic E-state index is 14.1. The molecule has 4 rings (SSSR count). The number of hydrogen-bond donors (Lipinski definition) is 1. The Kier molecular flexibility index (Phi) is 10.6. The number of aryl methyl sites for hydroxylation is 2. The molecule has 0 saturated carbocycles. The van der Waals surface area contributed by atoms with Crippen LogP contribution in [0.2, 0.25) is 5.02 Å². The van der Waals surface area contributed by atoms with Gasteiger partial charge in [-0.25, -0.2) is 9.97 Å². The van der Waals surface area contributed by atoms with Crippen LogP contribution in [0.5, 0.6) is 5.75 Å². The minimum atomic E-state index is -0.905. The van der Waals surface area contributed by atoms with Gasteiger partial charge >= 0.3 is 0 Å². The fraction of sp³-hybridized carbons (Fsp3) is 0.273. The molecule has 218 valence electrons. The van der Waals surface area contributed by atoms with E-state index in [4.69, 9.17) is 16.3 Å². The number of benzene rings is 3. The number of ether oxygens (including phenoxy) is 1. The molecule has 0 aliphatic rings. The molecular weight excluding hydrogens is 568 g/mol. The Morgan fingerprint density at radius 1 is 0.905 bits per heavy atom. The quantitative estimate of drug-likeness (QED) is 0.142. The maximum Gasteiger partial charge on any atom is 0.251 e. The number of anilines is 1. The van der Waals surface area contributed by atoms with E-state index in [1.807, 2.05) is 56.3 Å². The first-order valence-corrected chi connectivity index (χ1v) is 15.0. The van der Waals surface area contributed by atoms with Crippen LogP contribution in [-0.4, -0.2) is 39.5 Å². The van der Waals surface area contributed by atoms with Crippen LogP contribution in [0.1, 0.15) is 53.9 Å². The summed E-state index contributed by atoms with van der Waals surface area (Å²) in [7, 11) is 1.59. The summed E-state index contributed by atoms with van der Waals surface area (Å²) in [6.07, 6.45) is 0. The van der Waals surface area contributed by atoms with Gasteiger partial charge in [-0.2, -0.15) is 0 Å². The number of carbonyl (C=O) groups excluding carboxylic acids is 2. The number of methoxy groups -OCH3 is 1. The fourth-order valence-corrected chi connectivity index (χ4v) is 5.46. The molecule has 0 aliphatic heterocycles. The molecule has 4 aromatic rings. The third-order valence-electron chi connectivity index (χ3n) is 6.71. The lowest BCUT2D eigenvalue weighted by Gasteiger charge is -2.32. The Labute approximate surface area is 256 Å². The highest BCUT2D eigenvalue weighted by Gasteiger charge is 2.32. The predicted molar refractivity (Wildman–Crippen MR) is 169 cm³/mol. The average molecular weight is 603 g/mol. The van der Waals surface area contributed by atoms with Crippen LogP contribution in [0.4, 0.5) is 5.69 Å². The highest BCUT2D eigenvalue weighted by Crippen LogP contribution is 2.29. The van der Waals surface area contributed by atoms with Crippen molar-refractivity contribution in [1.82, 2.24) is 14.9 Å². The lowest BCUT2D eigenvalue weighted by molar-refractivity contribution is -0.137. The zero-order chi connectivity index (χ0) is 30.2. The Morgan fingerprint density at radius 2 is 1.50 bits per heavy atom. The van der Waals surface area contributed by atoms with E-state index in [2.05, 4.69) is 29.1 Å². The molecule has 42 heavy (non-hydrogen) atoms. The van der Waals surface area contributed by atoms with E-state index in [1.54, 1.807) is 48.4 Å². The SMILES string of the molecule is COc1ccc(NC(=O)C(c2ccc(C(C)C)cc2)N(Cc2ccc(Cl)cc2)C(=O)CSc2nc(C)cc(C)n2)cc1. The number of thioether (sulfide) groups is 1. The van der Waals surface area contributed by atoms with Gasteiger partial charge in [0.1, 0.15) is 11.8 Å². The Morgan fingerprint density at radius 3 is 2.07 bits per heavy atom. The zero-order valence-electron chi connectivity index (χ0n) is 24.4. The summed E-state index contributed by atoms with van der Waals surface area (Å²) >= 11 is 7.40. The number of carbonyl (C=O) groups is 2. The van der Waals surface area contributed by atoms with Gasteiger partial charge in [0.2, 0.25) is 5.91 Å². The van der Waals surface area contributed by atoms with Crippen LogP contribution in [0, 0.1) is 13.8 Å². The van der Waals surface area contributed by atoms with Crippen molar-refractivity contribution in [2.75, 3.05) is 18.2 Å². The molecule has 1 heterocycles. The number of amides is 2. The van der Waals surface area contributed by atoms with Crippen molar-refractivity contribution in [2.45, 2.75) is 51.4 Å². The van der Waals surface area contributed by atoms with Gasteiger partial charge in [-0.05, 0) is 78.9 Å². The molecule has 3 aromatic carbocycles. The van der Waals surface area contributed by atoms with Crippen LogP contribution < -0.4 is 10.1 Å². The molecule has 1 aromatic heterocycles. The molecule has 1 unspecified atom stereocenters. The highest BCUT2D eigenvalue weighted by molar-refractivity contribution is 7.99. The number of nitrogens with one attached hydrogen (secondary N) is 1. The molecule has 0 saturated heterocycles. The largest absolute Gasteiger partial charge is 0.497 e. The van der Waals surface area contributed by atoms with Gasteiger partial charge in [0, 0.05) is 28.6 Å². The van der Waals surface area contributed by atoms with E-state index < -0.39 is 6.04 Å². The Balaban J connectivity index is 1.71. The molecule has 0 spiro atoms. The molecule has 1 N–H and O–H groups in total. The molecule has 0 radical (unpaired) electrons. The summed E-state index contributed by atoms with van der Waals surface area (Å²) < 4.78 is 5.26. The minimum absolute atomic E-state index is 0.0624. The first-order chi connectivity index (χ1) is 20.1. The van der Waals surface area contributed by atoms with Crippen LogP contribution in [-0.2, 0) is 16.1 Å². The molecule has 9 heteroatoms. The monoisotopic (exact) mass is 602 g/mol. The highest BCUT2D eigenvalue weighted by atomic mass is 35.5. The van der Waals surface area contributed by atoms with Gasteiger partial charge in [-0.3, -0.25) is 9.59 Å². The molecule has 0 bridgehead atoms. The molecule has 0 aliphatic carbocycles. The zero-order valence-corrected chi connectivity index (χ0v) is 26.0. The third kappa shape index (κ3) is 8.33. The predicted octanol–water partition coefficient (Wildman–Crippen LogP) is 7.38. The van der Waals surface area contributed by atoms with E-state index in [1.165, 1.54) is 11.8 Å². The van der Waals surface area contributed by atoms with Crippen molar-refractivity contribution < 1.29 is 14.3 Å². The van der Waals surface area contributed by atoms with Crippen LogP contribution in [0.3, 0.4) is 0 Å². The number of aromatic nitrogens is 2. The normalized spacial score (nSPS) is 11.7. The number of rotatable bonds is 11. The second-order valence-electron chi connectivity index (χ2n) is 10.3. The van der Waals surface area contributed by atoms with Crippen molar-refractivity contribution in [2.24, 2.45) is 0 Å². The van der Waals surface area contributed by atoms with Gasteiger partial charge in [0.15, 0.2) is 5.16 Å². The van der Waals surface area contributed by atoms with Gasteiger partial charge in [-0.15, -0.1) is 0 Å². The summed E-state index contributed by atoms with van der Waals surface area (Å²) in [5.74, 6) is 0.519. The average Bonchev–Trinajstić information content (AvgIpc) is 2.97. The van der Waals surface area contributed by atoms with Crippen LogP contribution in [0.25, 0.3) is 0 Å². The summed E-state index contributed by atoms with van der Waals surface area (Å²) in [6, 6.07) is 23.2. The number of nitrogens with zero attached hydrogens (tertiary/aromatic N) is 3. The van der Waals surface area contributed by atoms with E-state index in [0.717, 1.165) is 22.5 Å². The molecule has 2 amide bonds. The van der Waals surface area contributed by atoms with E-state index in [-0.39, 0.29) is 24.1 Å². The first-order valence-electron chi connectivity index (χ1n) is 13.7. The summed E-state index contributed by atoms with van der Waals surface area (Å²) in [6.45, 7) is 8.23. The van der Waals surface area contributed by atoms with E-state index in [9.17, 15) is 9.59 Å². The van der Waals surface area contributed by atoms with Crippen LogP contribution >= 0.6 is 23.4 Å². The summed E-state index contributed by atoms with van der Waals surface area (Å²) in [5, 5.41) is 4.12. The molecular formula is C33H35ClN4O3S. The lowest BCUT2D eigenvalue weighted by Crippen LogP contribution is -2.41. The van der Waals surface area contributed by atoms with Gasteiger partial charge in [-0.1, -0.05) is 73.6 Å². The third-order valence-corrected chi connectivity index (χ3v) is 7.79. The first kappa shape index (κ1) is 31.1. The Bertz CT molecular complexity index is 1490. The molecule has 0 fully saturated rings. The standard InChI is InChI=1S/C33H35ClN4O3S/c1-21(2)25-8-10-26(11-9-25)31(32(40)37-28-14-16-29(41-5)17-15-28)38(19-24-6-12-27(34)13-7-24)30(39)20-42-33-35-22(3)18-23(4)36-33/h6-18,21,31H,19-20H2,1-5H3,(H,37,40). The lowest BCUT2D eigenvalue weighted by atomic mass is 9.97. The summed E-state index contributed by atoms with van der Waals surface area (Å²) in [4.78, 5) is 38.6. The fourth-order valence-electron chi connectivity index (χ4n) is 4.50. The second-order valence-corrected chi connectivity index (χ2v) is 11.7. The number of hydrogen-bond acceptors (Lipinski definition) is 6. The minimum Gasteiger partial charge on any atom is -0.497 e. The smallest absolute Gasteiger partial charge is 0.251 e. The van der Waals surface area contributed by atoms with Gasteiger partial charge < -0.3 is 15.0 Å². The van der Waals surface area contributed by atoms with Crippen molar-refractivity contribution in [3.05, 3.63) is 112 Å². The number of halogens is 1. The molecule has 7 nitrogen and oxygen atoms in total. The Hall–Kier alpha value is -3.88. The van der Waals surface area contributed by atoms with Crippen molar-refractivity contribution in [3.8, 4) is 5.75 Å². The van der Waals surface area contributed by atoms with Gasteiger partial charge in [0.05, 0.1) is 12.9 Å².